The Bertz CT molecular complexity index is 961. The number of nitrogens with one attached hydrogen (secondary N) is 1. The Morgan fingerprint density at radius 3 is 2.35 bits per heavy atom. The maximum atomic E-state index is 9.26. The quantitative estimate of drug-likeness (QED) is 0.459. The average Bonchev–Trinajstić information content (AvgIpc) is 2.62. The number of rotatable bonds is 3. The van der Waals surface area contributed by atoms with Crippen LogP contribution in [0, 0.1) is 16.7 Å². The van der Waals surface area contributed by atoms with Gasteiger partial charge in [-0.25, -0.2) is 9.55 Å². The van der Waals surface area contributed by atoms with Crippen molar-refractivity contribution in [2.75, 3.05) is 0 Å². The van der Waals surface area contributed by atoms with Crippen LogP contribution in [0.4, 0.5) is 0 Å². The van der Waals surface area contributed by atoms with E-state index in [2.05, 4.69) is 22.8 Å². The fraction of sp³-hybridized carbons (Fsp3) is 0.111. The van der Waals surface area contributed by atoms with Crippen molar-refractivity contribution >= 4 is 22.5 Å². The molecule has 0 spiro atoms. The second-order valence-electron chi connectivity index (χ2n) is 4.96. The molecule has 0 unspecified atom stereocenters. The first-order valence-electron chi connectivity index (χ1n) is 7.24. The van der Waals surface area contributed by atoms with Gasteiger partial charge in [-0.2, -0.15) is 5.26 Å². The number of hydrogen-bond donors (Lipinski definition) is 1. The lowest BCUT2D eigenvalue weighted by atomic mass is 10.2. The number of pyridine rings is 1. The smallest absolute Gasteiger partial charge is 0.257 e. The fourth-order valence-corrected chi connectivity index (χ4v) is 2.31. The second-order valence-corrected chi connectivity index (χ2v) is 4.96. The van der Waals surface area contributed by atoms with Gasteiger partial charge in [0.15, 0.2) is 5.69 Å². The van der Waals surface area contributed by atoms with Crippen LogP contribution in [-0.2, 0) is 6.42 Å². The van der Waals surface area contributed by atoms with E-state index in [1.54, 1.807) is 0 Å². The molecule has 5 nitrogen and oxygen atoms in total. The molecule has 1 N–H and O–H groups in total. The van der Waals surface area contributed by atoms with E-state index < -0.39 is 0 Å². The van der Waals surface area contributed by atoms with Gasteiger partial charge in [0.1, 0.15) is 17.2 Å². The highest BCUT2D eigenvalue weighted by atomic mass is 15.1. The first-order valence-corrected chi connectivity index (χ1v) is 7.24. The second kappa shape index (κ2) is 6.18. The van der Waals surface area contributed by atoms with Gasteiger partial charge in [0.05, 0.1) is 12.4 Å². The first-order chi connectivity index (χ1) is 11.3. The van der Waals surface area contributed by atoms with Crippen molar-refractivity contribution in [3.8, 4) is 11.9 Å². The minimum atomic E-state index is 0.0605. The van der Waals surface area contributed by atoms with Gasteiger partial charge in [-0.3, -0.25) is 5.41 Å². The Balaban J connectivity index is 2.30. The molecule has 0 aliphatic carbocycles. The summed E-state index contributed by atoms with van der Waals surface area (Å²) in [7, 11) is 0. The van der Waals surface area contributed by atoms with Gasteiger partial charge in [0.2, 0.25) is 5.52 Å². The van der Waals surface area contributed by atoms with E-state index in [0.29, 0.717) is 17.0 Å². The van der Waals surface area contributed by atoms with Crippen molar-refractivity contribution in [1.82, 2.24) is 9.97 Å². The molecule has 0 saturated heterocycles. The molecule has 2 aromatic heterocycles. The summed E-state index contributed by atoms with van der Waals surface area (Å²) < 4.78 is 1.81. The standard InChI is InChI=1S/C18H14N5/c1-2-13-7-9-23(10-8-13)18-17(14(11-19)12-20)21-15-5-3-4-6-16(15)22-18/h3-10,19H,2H2,1H3/q+1. The van der Waals surface area contributed by atoms with Gasteiger partial charge in [-0.15, -0.1) is 0 Å². The predicted molar refractivity (Wildman–Crippen MR) is 87.2 cm³/mol. The van der Waals surface area contributed by atoms with E-state index >= 15 is 0 Å². The summed E-state index contributed by atoms with van der Waals surface area (Å²) in [6.45, 7) is 2.09. The van der Waals surface area contributed by atoms with Crippen LogP contribution in [0.5, 0.6) is 0 Å². The third-order valence-electron chi connectivity index (χ3n) is 3.58. The van der Waals surface area contributed by atoms with Crippen molar-refractivity contribution in [3.63, 3.8) is 0 Å². The number of hydrogen-bond acceptors (Lipinski definition) is 4. The largest absolute Gasteiger partial charge is 0.356 e. The van der Waals surface area contributed by atoms with E-state index in [9.17, 15) is 5.26 Å². The SMILES string of the molecule is CCc1cc[n+](-c2nc3ccccc3nc2C(=C=N)C#N)cc1. The number of aromatic nitrogens is 3. The lowest BCUT2D eigenvalue weighted by Gasteiger charge is -2.03. The molecule has 0 saturated carbocycles. The molecular formula is C18H14N5+. The molecule has 0 bridgehead atoms. The normalized spacial score (nSPS) is 10.1. The number of fused-ring (bicyclic) bond motifs is 1. The zero-order valence-electron chi connectivity index (χ0n) is 12.6. The molecule has 110 valence electrons. The fourth-order valence-electron chi connectivity index (χ4n) is 2.31. The summed E-state index contributed by atoms with van der Waals surface area (Å²) in [6, 6.07) is 13.4. The maximum absolute atomic E-state index is 9.26. The molecule has 5 heteroatoms. The molecular weight excluding hydrogens is 286 g/mol. The summed E-state index contributed by atoms with van der Waals surface area (Å²) >= 11 is 0. The van der Waals surface area contributed by atoms with E-state index in [-0.39, 0.29) is 5.57 Å². The van der Waals surface area contributed by atoms with Crippen molar-refractivity contribution in [2.24, 2.45) is 0 Å². The van der Waals surface area contributed by atoms with Crippen LogP contribution in [0.3, 0.4) is 0 Å². The van der Waals surface area contributed by atoms with Crippen LogP contribution in [0.15, 0.2) is 48.8 Å². The molecule has 23 heavy (non-hydrogen) atoms. The number of allylic oxidation sites excluding steroid dienone is 1. The van der Waals surface area contributed by atoms with Crippen LogP contribution in [0.2, 0.25) is 0 Å². The zero-order chi connectivity index (χ0) is 16.2. The molecule has 1 aromatic carbocycles. The highest BCUT2D eigenvalue weighted by molar-refractivity contribution is 5.97. The molecule has 0 radical (unpaired) electrons. The Morgan fingerprint density at radius 2 is 1.78 bits per heavy atom. The Hall–Kier alpha value is -3.35. The van der Waals surface area contributed by atoms with E-state index in [1.807, 2.05) is 59.4 Å². The lowest BCUT2D eigenvalue weighted by molar-refractivity contribution is -0.599. The van der Waals surface area contributed by atoms with Crippen LogP contribution < -0.4 is 4.57 Å². The molecule has 0 amide bonds. The maximum Gasteiger partial charge on any atom is 0.356 e. The molecule has 0 aliphatic heterocycles. The lowest BCUT2D eigenvalue weighted by Crippen LogP contribution is -2.33. The van der Waals surface area contributed by atoms with Gasteiger partial charge in [0, 0.05) is 0 Å². The van der Waals surface area contributed by atoms with Gasteiger partial charge in [-0.05, 0) is 47.1 Å². The number of aryl methyl sites for hydroxylation is 1. The van der Waals surface area contributed by atoms with Gasteiger partial charge < -0.3 is 0 Å². The van der Waals surface area contributed by atoms with Crippen molar-refractivity contribution < 1.29 is 4.57 Å². The summed E-state index contributed by atoms with van der Waals surface area (Å²) in [5.41, 5.74) is 3.04. The number of benzene rings is 1. The highest BCUT2D eigenvalue weighted by Crippen LogP contribution is 2.18. The summed E-state index contributed by atoms with van der Waals surface area (Å²) in [5, 5.41) is 16.6. The minimum absolute atomic E-state index is 0.0605. The molecule has 3 aromatic rings. The average molecular weight is 300 g/mol. The zero-order valence-corrected chi connectivity index (χ0v) is 12.6. The molecule has 0 aliphatic rings. The first kappa shape index (κ1) is 14.6. The van der Waals surface area contributed by atoms with Crippen LogP contribution >= 0.6 is 0 Å². The van der Waals surface area contributed by atoms with E-state index in [0.717, 1.165) is 11.9 Å². The predicted octanol–water partition coefficient (Wildman–Crippen LogP) is 2.62. The molecule has 3 rings (SSSR count). The third kappa shape index (κ3) is 2.71. The molecule has 0 fully saturated rings. The highest BCUT2D eigenvalue weighted by Gasteiger charge is 2.22. The van der Waals surface area contributed by atoms with Crippen LogP contribution in [0.25, 0.3) is 22.4 Å². The topological polar surface area (TPSA) is 77.3 Å². The number of nitriles is 1. The summed E-state index contributed by atoms with van der Waals surface area (Å²) in [5.74, 6) is 2.67. The van der Waals surface area contributed by atoms with Crippen LogP contribution in [0.1, 0.15) is 18.2 Å². The summed E-state index contributed by atoms with van der Waals surface area (Å²) in [6.07, 6.45) is 4.72. The van der Waals surface area contributed by atoms with Crippen molar-refractivity contribution in [2.45, 2.75) is 13.3 Å². The summed E-state index contributed by atoms with van der Waals surface area (Å²) in [4.78, 5) is 9.13. The van der Waals surface area contributed by atoms with Crippen molar-refractivity contribution in [1.29, 1.82) is 10.7 Å². The number of nitrogens with zero attached hydrogens (tertiary/aromatic N) is 4. The third-order valence-corrected chi connectivity index (χ3v) is 3.58. The minimum Gasteiger partial charge on any atom is -0.257 e. The van der Waals surface area contributed by atoms with Crippen LogP contribution in [-0.4, -0.2) is 15.8 Å². The van der Waals surface area contributed by atoms with E-state index in [4.69, 9.17) is 5.41 Å². The van der Waals surface area contributed by atoms with Crippen molar-refractivity contribution in [3.05, 3.63) is 60.0 Å². The monoisotopic (exact) mass is 300 g/mol. The molecule has 0 atom stereocenters. The Kier molecular flexibility index (Phi) is 3.92. The Labute approximate surface area is 133 Å². The van der Waals surface area contributed by atoms with Gasteiger partial charge in [0.25, 0.3) is 0 Å². The molecule has 2 heterocycles. The van der Waals surface area contributed by atoms with Gasteiger partial charge >= 0.3 is 5.82 Å². The number of para-hydroxylation sites is 2. The van der Waals surface area contributed by atoms with Gasteiger partial charge in [-0.1, -0.05) is 19.1 Å². The van der Waals surface area contributed by atoms with E-state index in [1.165, 1.54) is 5.56 Å². The Morgan fingerprint density at radius 1 is 1.13 bits per heavy atom.